The molecule has 0 spiro atoms. The van der Waals surface area contributed by atoms with Crippen molar-refractivity contribution < 1.29 is 9.13 Å². The first-order chi connectivity index (χ1) is 8.46. The van der Waals surface area contributed by atoms with Crippen molar-refractivity contribution in [2.75, 3.05) is 20.7 Å². The van der Waals surface area contributed by atoms with Gasteiger partial charge in [0, 0.05) is 6.04 Å². The Morgan fingerprint density at radius 3 is 2.56 bits per heavy atom. The van der Waals surface area contributed by atoms with E-state index >= 15 is 0 Å². The highest BCUT2D eigenvalue weighted by Gasteiger charge is 2.29. The van der Waals surface area contributed by atoms with Gasteiger partial charge in [-0.3, -0.25) is 0 Å². The standard InChI is InChI=1S/C14H23FN2O/c1-14(2,7-8-16)13(17-3)10-5-6-12(18-4)11(15)9-10/h5-6,9,13,17H,7-8,16H2,1-4H3. The lowest BCUT2D eigenvalue weighted by atomic mass is 9.78. The molecule has 1 aromatic rings. The van der Waals surface area contributed by atoms with Gasteiger partial charge in [0.15, 0.2) is 11.6 Å². The second-order valence-electron chi connectivity index (χ2n) is 5.14. The van der Waals surface area contributed by atoms with Crippen molar-refractivity contribution in [2.24, 2.45) is 11.1 Å². The average molecular weight is 254 g/mol. The summed E-state index contributed by atoms with van der Waals surface area (Å²) >= 11 is 0. The first kappa shape index (κ1) is 14.9. The van der Waals surface area contributed by atoms with Crippen molar-refractivity contribution in [3.63, 3.8) is 0 Å². The maximum absolute atomic E-state index is 13.7. The summed E-state index contributed by atoms with van der Waals surface area (Å²) in [5.41, 5.74) is 6.51. The topological polar surface area (TPSA) is 47.3 Å². The molecule has 3 N–H and O–H groups in total. The number of methoxy groups -OCH3 is 1. The highest BCUT2D eigenvalue weighted by atomic mass is 19.1. The second kappa shape index (κ2) is 6.16. The van der Waals surface area contributed by atoms with Gasteiger partial charge in [-0.15, -0.1) is 0 Å². The second-order valence-corrected chi connectivity index (χ2v) is 5.14. The van der Waals surface area contributed by atoms with E-state index in [0.29, 0.717) is 6.54 Å². The number of ether oxygens (including phenoxy) is 1. The Hall–Kier alpha value is -1.13. The van der Waals surface area contributed by atoms with Crippen LogP contribution >= 0.6 is 0 Å². The molecule has 0 fully saturated rings. The fourth-order valence-corrected chi connectivity index (χ4v) is 2.39. The van der Waals surface area contributed by atoms with Crippen LogP contribution in [0.25, 0.3) is 0 Å². The molecule has 1 aromatic carbocycles. The minimum absolute atomic E-state index is 0.0372. The third-order valence-electron chi connectivity index (χ3n) is 3.37. The first-order valence-corrected chi connectivity index (χ1v) is 6.17. The van der Waals surface area contributed by atoms with Gasteiger partial charge < -0.3 is 15.8 Å². The lowest BCUT2D eigenvalue weighted by Gasteiger charge is -2.34. The molecule has 0 heterocycles. The lowest BCUT2D eigenvalue weighted by Crippen LogP contribution is -2.33. The predicted octanol–water partition coefficient (Wildman–Crippen LogP) is 2.47. The number of halogens is 1. The lowest BCUT2D eigenvalue weighted by molar-refractivity contribution is 0.238. The summed E-state index contributed by atoms with van der Waals surface area (Å²) in [6.45, 7) is 4.87. The Balaban J connectivity index is 3.05. The van der Waals surface area contributed by atoms with Gasteiger partial charge in [0.2, 0.25) is 0 Å². The van der Waals surface area contributed by atoms with Crippen molar-refractivity contribution in [1.82, 2.24) is 5.32 Å². The van der Waals surface area contributed by atoms with E-state index in [1.54, 1.807) is 6.07 Å². The van der Waals surface area contributed by atoms with Crippen LogP contribution in [0.15, 0.2) is 18.2 Å². The summed E-state index contributed by atoms with van der Waals surface area (Å²) in [5, 5.41) is 3.25. The summed E-state index contributed by atoms with van der Waals surface area (Å²) in [6.07, 6.45) is 0.867. The van der Waals surface area contributed by atoms with Gasteiger partial charge >= 0.3 is 0 Å². The van der Waals surface area contributed by atoms with Crippen LogP contribution in [0.5, 0.6) is 5.75 Å². The molecule has 4 heteroatoms. The van der Waals surface area contributed by atoms with Crippen LogP contribution in [0.3, 0.4) is 0 Å². The number of rotatable bonds is 6. The van der Waals surface area contributed by atoms with Crippen molar-refractivity contribution in [3.05, 3.63) is 29.6 Å². The Morgan fingerprint density at radius 2 is 2.11 bits per heavy atom. The molecule has 18 heavy (non-hydrogen) atoms. The molecule has 0 saturated carbocycles. The van der Waals surface area contributed by atoms with Crippen LogP contribution in [-0.4, -0.2) is 20.7 Å². The third-order valence-corrected chi connectivity index (χ3v) is 3.37. The zero-order valence-electron chi connectivity index (χ0n) is 11.6. The molecule has 0 aliphatic rings. The van der Waals surface area contributed by atoms with Gasteiger partial charge in [-0.1, -0.05) is 19.9 Å². The summed E-state index contributed by atoms with van der Waals surface area (Å²) in [7, 11) is 3.34. The Kier molecular flexibility index (Phi) is 5.11. The van der Waals surface area contributed by atoms with E-state index in [0.717, 1.165) is 12.0 Å². The summed E-state index contributed by atoms with van der Waals surface area (Å²) in [5.74, 6) is -0.0657. The number of benzene rings is 1. The predicted molar refractivity (Wildman–Crippen MR) is 72.2 cm³/mol. The van der Waals surface area contributed by atoms with Gasteiger partial charge in [0.25, 0.3) is 0 Å². The summed E-state index contributed by atoms with van der Waals surface area (Å²) in [6, 6.07) is 5.13. The molecule has 3 nitrogen and oxygen atoms in total. The van der Waals surface area contributed by atoms with Crippen LogP contribution in [0.1, 0.15) is 31.9 Å². The largest absolute Gasteiger partial charge is 0.494 e. The van der Waals surface area contributed by atoms with E-state index in [2.05, 4.69) is 19.2 Å². The van der Waals surface area contributed by atoms with E-state index < -0.39 is 0 Å². The average Bonchev–Trinajstić information content (AvgIpc) is 2.29. The molecule has 0 aliphatic carbocycles. The van der Waals surface area contributed by atoms with Gasteiger partial charge in [-0.05, 0) is 43.1 Å². The maximum atomic E-state index is 13.7. The van der Waals surface area contributed by atoms with Gasteiger partial charge in [0.1, 0.15) is 0 Å². The fourth-order valence-electron chi connectivity index (χ4n) is 2.39. The Bertz CT molecular complexity index is 393. The van der Waals surface area contributed by atoms with Crippen molar-refractivity contribution in [1.29, 1.82) is 0 Å². The SMILES string of the molecule is CNC(c1ccc(OC)c(F)c1)C(C)(C)CCN. The van der Waals surface area contributed by atoms with Crippen molar-refractivity contribution in [2.45, 2.75) is 26.3 Å². The smallest absolute Gasteiger partial charge is 0.165 e. The molecule has 102 valence electrons. The van der Waals surface area contributed by atoms with Crippen LogP contribution in [0, 0.1) is 11.2 Å². The van der Waals surface area contributed by atoms with Crippen molar-refractivity contribution in [3.8, 4) is 5.75 Å². The number of nitrogens with two attached hydrogens (primary N) is 1. The molecule has 1 rings (SSSR count). The summed E-state index contributed by atoms with van der Waals surface area (Å²) < 4.78 is 18.7. The Morgan fingerprint density at radius 1 is 1.44 bits per heavy atom. The molecular formula is C14H23FN2O. The molecule has 0 amide bonds. The Labute approximate surface area is 109 Å². The number of nitrogens with one attached hydrogen (secondary N) is 1. The monoisotopic (exact) mass is 254 g/mol. The molecular weight excluding hydrogens is 231 g/mol. The minimum atomic E-state index is -0.334. The molecule has 0 bridgehead atoms. The van der Waals surface area contributed by atoms with Crippen LogP contribution in [-0.2, 0) is 0 Å². The van der Waals surface area contributed by atoms with E-state index in [1.165, 1.54) is 13.2 Å². The first-order valence-electron chi connectivity index (χ1n) is 6.17. The molecule has 0 radical (unpaired) electrons. The minimum Gasteiger partial charge on any atom is -0.494 e. The van der Waals surface area contributed by atoms with Crippen molar-refractivity contribution >= 4 is 0 Å². The number of hydrogen-bond donors (Lipinski definition) is 2. The third kappa shape index (κ3) is 3.21. The van der Waals surface area contributed by atoms with E-state index in [4.69, 9.17) is 10.5 Å². The van der Waals surface area contributed by atoms with E-state index in [9.17, 15) is 4.39 Å². The van der Waals surface area contributed by atoms with Crippen LogP contribution in [0.4, 0.5) is 4.39 Å². The normalized spacial score (nSPS) is 13.4. The maximum Gasteiger partial charge on any atom is 0.165 e. The zero-order chi connectivity index (χ0) is 13.8. The van der Waals surface area contributed by atoms with Crippen LogP contribution in [0.2, 0.25) is 0 Å². The van der Waals surface area contributed by atoms with Gasteiger partial charge in [0.05, 0.1) is 7.11 Å². The zero-order valence-corrected chi connectivity index (χ0v) is 11.6. The van der Waals surface area contributed by atoms with Crippen LogP contribution < -0.4 is 15.8 Å². The highest BCUT2D eigenvalue weighted by Crippen LogP contribution is 2.36. The van der Waals surface area contributed by atoms with Gasteiger partial charge in [-0.2, -0.15) is 0 Å². The molecule has 0 aromatic heterocycles. The summed E-state index contributed by atoms with van der Waals surface area (Å²) in [4.78, 5) is 0. The highest BCUT2D eigenvalue weighted by molar-refractivity contribution is 5.31. The number of hydrogen-bond acceptors (Lipinski definition) is 3. The quantitative estimate of drug-likeness (QED) is 0.820. The molecule has 0 aliphatic heterocycles. The fraction of sp³-hybridized carbons (Fsp3) is 0.571. The van der Waals surface area contributed by atoms with E-state index in [-0.39, 0.29) is 23.0 Å². The molecule has 0 saturated heterocycles. The van der Waals surface area contributed by atoms with Gasteiger partial charge in [-0.25, -0.2) is 4.39 Å². The van der Waals surface area contributed by atoms with E-state index in [1.807, 2.05) is 13.1 Å². The molecule has 1 atom stereocenters. The molecule has 1 unspecified atom stereocenters.